The SMILES string of the molecule is O=P(c1ccccc1F)(c1ccccc1F)C1CCCCC1. The molecule has 0 N–H and O–H groups in total. The highest BCUT2D eigenvalue weighted by Crippen LogP contribution is 2.54. The van der Waals surface area contributed by atoms with Crippen molar-refractivity contribution in [2.75, 3.05) is 0 Å². The summed E-state index contributed by atoms with van der Waals surface area (Å²) in [7, 11) is -3.32. The first kappa shape index (κ1) is 15.4. The molecule has 0 saturated heterocycles. The fraction of sp³-hybridized carbons (Fsp3) is 0.333. The molecule has 0 radical (unpaired) electrons. The second kappa shape index (κ2) is 6.34. The van der Waals surface area contributed by atoms with Gasteiger partial charge in [0.1, 0.15) is 11.6 Å². The number of hydrogen-bond donors (Lipinski definition) is 0. The molecule has 0 spiro atoms. The molecule has 0 aliphatic heterocycles. The van der Waals surface area contributed by atoms with E-state index in [1.807, 2.05) is 0 Å². The molecular formula is C18H19F2OP. The summed E-state index contributed by atoms with van der Waals surface area (Å²) in [5.41, 5.74) is -0.171. The summed E-state index contributed by atoms with van der Waals surface area (Å²) in [4.78, 5) is 0. The monoisotopic (exact) mass is 320 g/mol. The van der Waals surface area contributed by atoms with Crippen molar-refractivity contribution in [1.82, 2.24) is 0 Å². The molecule has 0 heterocycles. The predicted octanol–water partition coefficient (Wildman–Crippen LogP) is 4.61. The minimum Gasteiger partial charge on any atom is -0.313 e. The van der Waals surface area contributed by atoms with Gasteiger partial charge in [-0.15, -0.1) is 0 Å². The summed E-state index contributed by atoms with van der Waals surface area (Å²) in [6.45, 7) is 0. The second-order valence-electron chi connectivity index (χ2n) is 5.85. The van der Waals surface area contributed by atoms with E-state index in [0.29, 0.717) is 0 Å². The highest BCUT2D eigenvalue weighted by Gasteiger charge is 2.40. The van der Waals surface area contributed by atoms with Crippen LogP contribution in [0.25, 0.3) is 0 Å². The van der Waals surface area contributed by atoms with E-state index in [-0.39, 0.29) is 16.3 Å². The Morgan fingerprint density at radius 3 is 1.68 bits per heavy atom. The Morgan fingerprint density at radius 2 is 1.23 bits per heavy atom. The van der Waals surface area contributed by atoms with Gasteiger partial charge in [-0.05, 0) is 37.1 Å². The largest absolute Gasteiger partial charge is 0.313 e. The molecule has 1 aliphatic rings. The summed E-state index contributed by atoms with van der Waals surface area (Å²) >= 11 is 0. The van der Waals surface area contributed by atoms with Crippen molar-refractivity contribution in [3.05, 3.63) is 60.2 Å². The van der Waals surface area contributed by atoms with E-state index in [1.165, 1.54) is 12.1 Å². The van der Waals surface area contributed by atoms with Crippen LogP contribution in [0, 0.1) is 11.6 Å². The van der Waals surface area contributed by atoms with Crippen LogP contribution in [0.1, 0.15) is 32.1 Å². The second-order valence-corrected chi connectivity index (χ2v) is 8.86. The third kappa shape index (κ3) is 2.63. The zero-order chi connectivity index (χ0) is 15.6. The fourth-order valence-electron chi connectivity index (χ4n) is 3.41. The summed E-state index contributed by atoms with van der Waals surface area (Å²) < 4.78 is 42.7. The van der Waals surface area contributed by atoms with E-state index in [0.717, 1.165) is 32.1 Å². The van der Waals surface area contributed by atoms with Crippen molar-refractivity contribution in [2.45, 2.75) is 37.8 Å². The molecule has 116 valence electrons. The highest BCUT2D eigenvalue weighted by molar-refractivity contribution is 7.79. The van der Waals surface area contributed by atoms with Gasteiger partial charge in [0.2, 0.25) is 0 Å². The van der Waals surface area contributed by atoms with Gasteiger partial charge in [-0.3, -0.25) is 0 Å². The lowest BCUT2D eigenvalue weighted by Gasteiger charge is -2.31. The van der Waals surface area contributed by atoms with Gasteiger partial charge in [-0.2, -0.15) is 0 Å². The summed E-state index contributed by atoms with van der Waals surface area (Å²) in [6, 6.07) is 12.2. The Labute approximate surface area is 129 Å². The first-order valence-electron chi connectivity index (χ1n) is 7.74. The van der Waals surface area contributed by atoms with Crippen LogP contribution in [0.2, 0.25) is 0 Å². The first-order valence-corrected chi connectivity index (χ1v) is 9.51. The van der Waals surface area contributed by atoms with Gasteiger partial charge in [-0.1, -0.05) is 43.5 Å². The van der Waals surface area contributed by atoms with Gasteiger partial charge in [0, 0.05) is 5.66 Å². The van der Waals surface area contributed by atoms with Crippen LogP contribution in [-0.2, 0) is 4.57 Å². The van der Waals surface area contributed by atoms with Crippen molar-refractivity contribution in [1.29, 1.82) is 0 Å². The fourth-order valence-corrected chi connectivity index (χ4v) is 6.95. The Morgan fingerprint density at radius 1 is 0.773 bits per heavy atom. The van der Waals surface area contributed by atoms with Gasteiger partial charge in [0.05, 0.1) is 10.6 Å². The molecule has 0 atom stereocenters. The zero-order valence-electron chi connectivity index (χ0n) is 12.3. The van der Waals surface area contributed by atoms with E-state index >= 15 is 0 Å². The van der Waals surface area contributed by atoms with Crippen LogP contribution in [0.15, 0.2) is 48.5 Å². The quantitative estimate of drug-likeness (QED) is 0.755. The third-order valence-electron chi connectivity index (χ3n) is 4.51. The van der Waals surface area contributed by atoms with Crippen molar-refractivity contribution in [2.24, 2.45) is 0 Å². The normalized spacial score (nSPS) is 16.6. The van der Waals surface area contributed by atoms with Gasteiger partial charge < -0.3 is 4.57 Å². The predicted molar refractivity (Wildman–Crippen MR) is 86.5 cm³/mol. The van der Waals surface area contributed by atoms with E-state index in [1.54, 1.807) is 36.4 Å². The maximum Gasteiger partial charge on any atom is 0.151 e. The van der Waals surface area contributed by atoms with Crippen LogP contribution in [0.5, 0.6) is 0 Å². The summed E-state index contributed by atoms with van der Waals surface area (Å²) in [5, 5.41) is 0.346. The summed E-state index contributed by atoms with van der Waals surface area (Å²) in [5.74, 6) is -1.00. The molecule has 0 unspecified atom stereocenters. The van der Waals surface area contributed by atoms with E-state index in [2.05, 4.69) is 0 Å². The summed E-state index contributed by atoms with van der Waals surface area (Å²) in [6.07, 6.45) is 4.57. The number of benzene rings is 2. The Balaban J connectivity index is 2.21. The maximum atomic E-state index is 14.4. The van der Waals surface area contributed by atoms with Crippen LogP contribution < -0.4 is 10.6 Å². The molecule has 1 fully saturated rings. The van der Waals surface area contributed by atoms with Crippen molar-refractivity contribution >= 4 is 17.8 Å². The topological polar surface area (TPSA) is 17.1 Å². The van der Waals surface area contributed by atoms with E-state index in [4.69, 9.17) is 0 Å². The molecule has 0 aromatic heterocycles. The smallest absolute Gasteiger partial charge is 0.151 e. The number of hydrogen-bond acceptors (Lipinski definition) is 1. The average molecular weight is 320 g/mol. The highest BCUT2D eigenvalue weighted by atomic mass is 31.2. The van der Waals surface area contributed by atoms with Crippen LogP contribution in [-0.4, -0.2) is 5.66 Å². The molecule has 1 aliphatic carbocycles. The van der Waals surface area contributed by atoms with Crippen molar-refractivity contribution in [3.63, 3.8) is 0 Å². The van der Waals surface area contributed by atoms with Gasteiger partial charge >= 0.3 is 0 Å². The molecule has 0 amide bonds. The van der Waals surface area contributed by atoms with Crippen molar-refractivity contribution < 1.29 is 13.3 Å². The number of rotatable bonds is 3. The molecule has 2 aromatic rings. The lowest BCUT2D eigenvalue weighted by atomic mass is 10.0. The Kier molecular flexibility index (Phi) is 4.44. The third-order valence-corrected chi connectivity index (χ3v) is 8.21. The average Bonchev–Trinajstić information content (AvgIpc) is 2.56. The lowest BCUT2D eigenvalue weighted by molar-refractivity contribution is 0.488. The molecule has 4 heteroatoms. The first-order chi connectivity index (χ1) is 10.6. The molecule has 22 heavy (non-hydrogen) atoms. The molecule has 1 nitrogen and oxygen atoms in total. The van der Waals surface area contributed by atoms with E-state index < -0.39 is 18.8 Å². The van der Waals surface area contributed by atoms with Crippen LogP contribution in [0.3, 0.4) is 0 Å². The molecule has 2 aromatic carbocycles. The Bertz CT molecular complexity index is 658. The zero-order valence-corrected chi connectivity index (χ0v) is 13.2. The lowest BCUT2D eigenvalue weighted by Crippen LogP contribution is -2.30. The van der Waals surface area contributed by atoms with Crippen LogP contribution >= 0.6 is 7.14 Å². The Hall–Kier alpha value is -1.47. The van der Waals surface area contributed by atoms with Gasteiger partial charge in [0.15, 0.2) is 7.14 Å². The molecule has 3 rings (SSSR count). The molecule has 1 saturated carbocycles. The van der Waals surface area contributed by atoms with Gasteiger partial charge in [0.25, 0.3) is 0 Å². The minimum atomic E-state index is -3.32. The molecular weight excluding hydrogens is 301 g/mol. The van der Waals surface area contributed by atoms with Crippen molar-refractivity contribution in [3.8, 4) is 0 Å². The minimum absolute atomic E-state index is 0.171. The van der Waals surface area contributed by atoms with Gasteiger partial charge in [-0.25, -0.2) is 8.78 Å². The molecule has 0 bridgehead atoms. The number of halogens is 2. The van der Waals surface area contributed by atoms with E-state index in [9.17, 15) is 13.3 Å². The van der Waals surface area contributed by atoms with Crippen LogP contribution in [0.4, 0.5) is 8.78 Å². The maximum absolute atomic E-state index is 14.4. The standard InChI is InChI=1S/C18H19F2OP/c19-15-10-4-6-12-17(15)22(21,14-8-2-1-3-9-14)18-13-7-5-11-16(18)20/h4-7,10-14H,1-3,8-9H2.